The fourth-order valence-corrected chi connectivity index (χ4v) is 3.77. The average molecular weight is 353 g/mol. The second-order valence-corrected chi connectivity index (χ2v) is 6.56. The van der Waals surface area contributed by atoms with Gasteiger partial charge in [-0.25, -0.2) is 0 Å². The number of fused-ring (bicyclic) bond motifs is 1. The van der Waals surface area contributed by atoms with Gasteiger partial charge in [-0.3, -0.25) is 0 Å². The second kappa shape index (κ2) is 5.25. The molecule has 3 rings (SSSR count). The van der Waals surface area contributed by atoms with Crippen molar-refractivity contribution in [2.45, 2.75) is 6.04 Å². The van der Waals surface area contributed by atoms with Gasteiger partial charge < -0.3 is 5.73 Å². The number of hydrogen-bond donors (Lipinski definition) is 1. The number of nitrogens with two attached hydrogens (primary N) is 1. The van der Waals surface area contributed by atoms with Gasteiger partial charge in [0, 0.05) is 14.2 Å². The summed E-state index contributed by atoms with van der Waals surface area (Å²) in [5.41, 5.74) is 8.47. The molecular weight excluding hydrogens is 342 g/mol. The Kier molecular flexibility index (Phi) is 3.63. The molecule has 0 saturated carbocycles. The van der Waals surface area contributed by atoms with Crippen molar-refractivity contribution in [3.8, 4) is 0 Å². The molecule has 2 aromatic carbocycles. The molecule has 0 aliphatic carbocycles. The molecule has 96 valence electrons. The molecule has 0 spiro atoms. The van der Waals surface area contributed by atoms with E-state index >= 15 is 0 Å². The van der Waals surface area contributed by atoms with Crippen molar-refractivity contribution < 1.29 is 0 Å². The van der Waals surface area contributed by atoms with E-state index in [4.69, 9.17) is 17.3 Å². The Morgan fingerprint density at radius 1 is 1.11 bits per heavy atom. The smallest absolute Gasteiger partial charge is 0.0581 e. The van der Waals surface area contributed by atoms with Gasteiger partial charge in [0.05, 0.1) is 6.04 Å². The highest BCUT2D eigenvalue weighted by atomic mass is 79.9. The van der Waals surface area contributed by atoms with E-state index in [2.05, 4.69) is 33.4 Å². The zero-order valence-corrected chi connectivity index (χ0v) is 13.1. The van der Waals surface area contributed by atoms with Crippen molar-refractivity contribution in [2.24, 2.45) is 5.73 Å². The van der Waals surface area contributed by atoms with E-state index in [-0.39, 0.29) is 6.04 Å². The Labute approximate surface area is 129 Å². The molecule has 0 saturated heterocycles. The molecule has 1 aromatic heterocycles. The van der Waals surface area contributed by atoms with Crippen LogP contribution in [0.5, 0.6) is 0 Å². The highest BCUT2D eigenvalue weighted by molar-refractivity contribution is 9.10. The summed E-state index contributed by atoms with van der Waals surface area (Å²) in [6, 6.07) is 13.9. The van der Waals surface area contributed by atoms with Gasteiger partial charge in [0.15, 0.2) is 0 Å². The lowest BCUT2D eigenvalue weighted by molar-refractivity contribution is 0.884. The van der Waals surface area contributed by atoms with Crippen LogP contribution in [-0.4, -0.2) is 0 Å². The molecule has 0 bridgehead atoms. The zero-order valence-electron chi connectivity index (χ0n) is 9.94. The molecule has 0 fully saturated rings. The van der Waals surface area contributed by atoms with Crippen molar-refractivity contribution in [3.05, 3.63) is 68.5 Å². The highest BCUT2D eigenvalue weighted by Crippen LogP contribution is 2.35. The molecule has 3 aromatic rings. The Balaban J connectivity index is 2.13. The lowest BCUT2D eigenvalue weighted by Crippen LogP contribution is -2.11. The molecule has 0 aliphatic heterocycles. The molecule has 1 atom stereocenters. The third-order valence-electron chi connectivity index (χ3n) is 3.14. The van der Waals surface area contributed by atoms with Crippen LogP contribution in [0.1, 0.15) is 17.2 Å². The third-order valence-corrected chi connectivity index (χ3v) is 4.96. The van der Waals surface area contributed by atoms with Crippen LogP contribution in [0.2, 0.25) is 5.02 Å². The Morgan fingerprint density at radius 2 is 1.89 bits per heavy atom. The van der Waals surface area contributed by atoms with Crippen LogP contribution in [0.15, 0.2) is 52.3 Å². The highest BCUT2D eigenvalue weighted by Gasteiger charge is 2.16. The Morgan fingerprint density at radius 3 is 2.74 bits per heavy atom. The summed E-state index contributed by atoms with van der Waals surface area (Å²) in [6.45, 7) is 0. The standard InChI is InChI=1S/C15H11BrClNS/c16-9-5-6-13(17)11(7-9)15(18)12-8-19-14-4-2-1-3-10(12)14/h1-8,15H,18H2. The predicted molar refractivity (Wildman–Crippen MR) is 87.0 cm³/mol. The Bertz CT molecular complexity index is 738. The quantitative estimate of drug-likeness (QED) is 0.659. The molecule has 0 aliphatic rings. The number of halogens is 2. The second-order valence-electron chi connectivity index (χ2n) is 4.33. The normalized spacial score (nSPS) is 12.8. The summed E-state index contributed by atoms with van der Waals surface area (Å²) < 4.78 is 2.24. The van der Waals surface area contributed by atoms with E-state index in [0.717, 1.165) is 15.6 Å². The van der Waals surface area contributed by atoms with Crippen LogP contribution in [0.25, 0.3) is 10.1 Å². The third kappa shape index (κ3) is 2.43. The number of benzene rings is 2. The van der Waals surface area contributed by atoms with E-state index in [0.29, 0.717) is 5.02 Å². The van der Waals surface area contributed by atoms with E-state index in [9.17, 15) is 0 Å². The monoisotopic (exact) mass is 351 g/mol. The topological polar surface area (TPSA) is 26.0 Å². The van der Waals surface area contributed by atoms with Crippen LogP contribution < -0.4 is 5.73 Å². The van der Waals surface area contributed by atoms with Crippen molar-refractivity contribution in [1.29, 1.82) is 0 Å². The summed E-state index contributed by atoms with van der Waals surface area (Å²) in [6.07, 6.45) is 0. The van der Waals surface area contributed by atoms with Gasteiger partial charge in [-0.15, -0.1) is 11.3 Å². The molecule has 1 heterocycles. The first-order valence-electron chi connectivity index (χ1n) is 5.83. The summed E-state index contributed by atoms with van der Waals surface area (Å²) in [7, 11) is 0. The maximum absolute atomic E-state index is 6.40. The van der Waals surface area contributed by atoms with Gasteiger partial charge in [-0.1, -0.05) is 45.7 Å². The van der Waals surface area contributed by atoms with Crippen LogP contribution in [-0.2, 0) is 0 Å². The van der Waals surface area contributed by atoms with E-state index in [1.54, 1.807) is 11.3 Å². The van der Waals surface area contributed by atoms with Crippen molar-refractivity contribution in [3.63, 3.8) is 0 Å². The minimum Gasteiger partial charge on any atom is -0.320 e. The molecule has 19 heavy (non-hydrogen) atoms. The van der Waals surface area contributed by atoms with Crippen LogP contribution in [0, 0.1) is 0 Å². The minimum atomic E-state index is -0.207. The number of rotatable bonds is 2. The van der Waals surface area contributed by atoms with E-state index in [1.807, 2.05) is 30.3 Å². The number of thiophene rings is 1. The first-order chi connectivity index (χ1) is 9.16. The van der Waals surface area contributed by atoms with Crippen LogP contribution in [0.3, 0.4) is 0 Å². The van der Waals surface area contributed by atoms with Crippen LogP contribution in [0.4, 0.5) is 0 Å². The summed E-state index contributed by atoms with van der Waals surface area (Å²) >= 11 is 11.4. The Hall–Kier alpha value is -0.870. The van der Waals surface area contributed by atoms with Gasteiger partial charge in [0.2, 0.25) is 0 Å². The summed E-state index contributed by atoms with van der Waals surface area (Å²) in [5, 5.41) is 4.02. The molecule has 1 unspecified atom stereocenters. The van der Waals surface area contributed by atoms with Gasteiger partial charge in [-0.05, 0) is 46.2 Å². The first-order valence-corrected chi connectivity index (χ1v) is 7.88. The number of hydrogen-bond acceptors (Lipinski definition) is 2. The fourth-order valence-electron chi connectivity index (χ4n) is 2.16. The van der Waals surface area contributed by atoms with Gasteiger partial charge in [0.1, 0.15) is 0 Å². The van der Waals surface area contributed by atoms with Crippen molar-refractivity contribution in [1.82, 2.24) is 0 Å². The minimum absolute atomic E-state index is 0.207. The maximum atomic E-state index is 6.40. The van der Waals surface area contributed by atoms with Crippen molar-refractivity contribution >= 4 is 49.0 Å². The molecule has 1 nitrogen and oxygen atoms in total. The molecule has 2 N–H and O–H groups in total. The predicted octanol–water partition coefficient (Wildman–Crippen LogP) is 5.37. The lowest BCUT2D eigenvalue weighted by Gasteiger charge is -2.14. The van der Waals surface area contributed by atoms with Crippen molar-refractivity contribution in [2.75, 3.05) is 0 Å². The van der Waals surface area contributed by atoms with E-state index in [1.165, 1.54) is 10.1 Å². The largest absolute Gasteiger partial charge is 0.320 e. The van der Waals surface area contributed by atoms with Gasteiger partial charge >= 0.3 is 0 Å². The maximum Gasteiger partial charge on any atom is 0.0581 e. The summed E-state index contributed by atoms with van der Waals surface area (Å²) in [4.78, 5) is 0. The first kappa shape index (κ1) is 13.1. The van der Waals surface area contributed by atoms with Gasteiger partial charge in [0.25, 0.3) is 0 Å². The van der Waals surface area contributed by atoms with E-state index < -0.39 is 0 Å². The zero-order chi connectivity index (χ0) is 13.4. The molecule has 0 amide bonds. The molecule has 4 heteroatoms. The molecular formula is C15H11BrClNS. The average Bonchev–Trinajstić information content (AvgIpc) is 2.84. The van der Waals surface area contributed by atoms with Gasteiger partial charge in [-0.2, -0.15) is 0 Å². The van der Waals surface area contributed by atoms with Crippen LogP contribution >= 0.6 is 38.9 Å². The lowest BCUT2D eigenvalue weighted by atomic mass is 9.99. The fraction of sp³-hybridized carbons (Fsp3) is 0.0667. The SMILES string of the molecule is NC(c1cc(Br)ccc1Cl)c1csc2ccccc12. The summed E-state index contributed by atoms with van der Waals surface area (Å²) in [5.74, 6) is 0. The molecule has 0 radical (unpaired) electrons.